The summed E-state index contributed by atoms with van der Waals surface area (Å²) in [5, 5.41) is -0.361. The lowest BCUT2D eigenvalue weighted by Crippen LogP contribution is -1.62. The summed E-state index contributed by atoms with van der Waals surface area (Å²) in [7, 11) is 0. The number of aromatic amines is 1. The second-order valence-corrected chi connectivity index (χ2v) is 1.76. The average molecular weight is 147 g/mol. The van der Waals surface area contributed by atoms with E-state index in [1.54, 1.807) is 18.7 Å². The molecule has 0 radical (unpaired) electrons. The summed E-state index contributed by atoms with van der Waals surface area (Å²) in [6, 6.07) is 0. The lowest BCUT2D eigenvalue weighted by molar-refractivity contribution is -0.109. The quantitative estimate of drug-likeness (QED) is 0.559. The number of nitrogens with one attached hydrogen (secondary N) is 1. The van der Waals surface area contributed by atoms with Crippen LogP contribution in [-0.2, 0) is 4.79 Å². The second-order valence-electron chi connectivity index (χ2n) is 1.23. The third-order valence-corrected chi connectivity index (χ3v) is 0.406. The van der Waals surface area contributed by atoms with Crippen molar-refractivity contribution in [2.24, 2.45) is 0 Å². The van der Waals surface area contributed by atoms with Gasteiger partial charge in [0.25, 0.3) is 0 Å². The SMILES string of the molecule is CC(=O)Cl.c1c[nH]cn1. The third-order valence-electron chi connectivity index (χ3n) is 0.406. The van der Waals surface area contributed by atoms with Crippen LogP contribution in [0.2, 0.25) is 0 Å². The summed E-state index contributed by atoms with van der Waals surface area (Å²) in [5.74, 6) is 0. The molecule has 3 nitrogen and oxygen atoms in total. The molecule has 1 aromatic heterocycles. The van der Waals surface area contributed by atoms with Gasteiger partial charge in [-0.15, -0.1) is 0 Å². The Hall–Kier alpha value is -0.830. The van der Waals surface area contributed by atoms with Crippen molar-refractivity contribution >= 4 is 16.8 Å². The van der Waals surface area contributed by atoms with Crippen molar-refractivity contribution in [3.05, 3.63) is 18.7 Å². The molecule has 0 saturated carbocycles. The highest BCUT2D eigenvalue weighted by molar-refractivity contribution is 6.62. The fraction of sp³-hybridized carbons (Fsp3) is 0.200. The van der Waals surface area contributed by atoms with E-state index in [4.69, 9.17) is 0 Å². The molecule has 1 heterocycles. The second kappa shape index (κ2) is 5.31. The number of aromatic nitrogens is 2. The van der Waals surface area contributed by atoms with Gasteiger partial charge in [-0.3, -0.25) is 4.79 Å². The monoisotopic (exact) mass is 146 g/mol. The Kier molecular flexibility index (Phi) is 4.82. The molecule has 9 heavy (non-hydrogen) atoms. The summed E-state index contributed by atoms with van der Waals surface area (Å²) >= 11 is 4.64. The standard InChI is InChI=1S/C3H4N2.C2H3ClO/c1-2-5-3-4-1;1-2(3)4/h1-3H,(H,4,5);1H3. The highest BCUT2D eigenvalue weighted by atomic mass is 35.5. The highest BCUT2D eigenvalue weighted by Gasteiger charge is 1.67. The van der Waals surface area contributed by atoms with E-state index in [9.17, 15) is 4.79 Å². The first-order valence-corrected chi connectivity index (χ1v) is 2.70. The summed E-state index contributed by atoms with van der Waals surface area (Å²) in [4.78, 5) is 15.6. The molecular formula is C5H7ClN2O. The zero-order chi connectivity index (χ0) is 7.11. The fourth-order valence-electron chi connectivity index (χ4n) is 0.215. The van der Waals surface area contributed by atoms with E-state index < -0.39 is 0 Å². The lowest BCUT2D eigenvalue weighted by atomic mass is 10.9. The van der Waals surface area contributed by atoms with Crippen molar-refractivity contribution in [1.29, 1.82) is 0 Å². The molecule has 0 bridgehead atoms. The number of imidazole rings is 1. The van der Waals surface area contributed by atoms with Crippen molar-refractivity contribution in [2.75, 3.05) is 0 Å². The maximum Gasteiger partial charge on any atom is 0.218 e. The molecule has 0 aromatic carbocycles. The van der Waals surface area contributed by atoms with Crippen LogP contribution in [0.5, 0.6) is 0 Å². The van der Waals surface area contributed by atoms with Gasteiger partial charge in [0.15, 0.2) is 0 Å². The van der Waals surface area contributed by atoms with Gasteiger partial charge < -0.3 is 4.98 Å². The first-order valence-electron chi connectivity index (χ1n) is 2.32. The van der Waals surface area contributed by atoms with Crippen molar-refractivity contribution in [1.82, 2.24) is 9.97 Å². The Balaban J connectivity index is 0.000000148. The van der Waals surface area contributed by atoms with Gasteiger partial charge in [-0.05, 0) is 11.6 Å². The van der Waals surface area contributed by atoms with E-state index >= 15 is 0 Å². The van der Waals surface area contributed by atoms with Crippen LogP contribution in [0.4, 0.5) is 0 Å². The number of carbonyl (C=O) groups excluding carboxylic acids is 1. The van der Waals surface area contributed by atoms with Gasteiger partial charge in [-0.1, -0.05) is 0 Å². The number of halogens is 1. The Morgan fingerprint density at radius 2 is 2.33 bits per heavy atom. The van der Waals surface area contributed by atoms with Crippen LogP contribution >= 0.6 is 11.6 Å². The number of carbonyl (C=O) groups is 1. The molecule has 0 aliphatic heterocycles. The molecule has 50 valence electrons. The maximum atomic E-state index is 9.21. The van der Waals surface area contributed by atoms with Crippen LogP contribution in [-0.4, -0.2) is 15.2 Å². The van der Waals surface area contributed by atoms with E-state index in [1.165, 1.54) is 6.92 Å². The number of hydrogen-bond acceptors (Lipinski definition) is 2. The summed E-state index contributed by atoms with van der Waals surface area (Å²) in [6.45, 7) is 1.29. The van der Waals surface area contributed by atoms with E-state index in [-0.39, 0.29) is 5.24 Å². The molecule has 0 saturated heterocycles. The number of rotatable bonds is 0. The normalized spacial score (nSPS) is 7.33. The Bertz CT molecular complexity index is 129. The number of hydrogen-bond donors (Lipinski definition) is 1. The molecule has 1 N–H and O–H groups in total. The maximum absolute atomic E-state index is 9.21. The van der Waals surface area contributed by atoms with Gasteiger partial charge in [-0.25, -0.2) is 4.98 Å². The zero-order valence-electron chi connectivity index (χ0n) is 4.97. The van der Waals surface area contributed by atoms with Crippen molar-refractivity contribution in [2.45, 2.75) is 6.92 Å². The molecule has 0 aliphatic rings. The zero-order valence-corrected chi connectivity index (χ0v) is 5.72. The van der Waals surface area contributed by atoms with E-state index in [0.29, 0.717) is 0 Å². The number of H-pyrrole nitrogens is 1. The van der Waals surface area contributed by atoms with Crippen LogP contribution in [0, 0.1) is 0 Å². The molecule has 0 amide bonds. The molecule has 0 aliphatic carbocycles. The first kappa shape index (κ1) is 8.17. The van der Waals surface area contributed by atoms with E-state index in [2.05, 4.69) is 21.6 Å². The lowest BCUT2D eigenvalue weighted by Gasteiger charge is -1.52. The molecule has 0 fully saturated rings. The van der Waals surface area contributed by atoms with Crippen LogP contribution in [0.1, 0.15) is 6.92 Å². The predicted octanol–water partition coefficient (Wildman–Crippen LogP) is 1.18. The minimum Gasteiger partial charge on any atom is -0.351 e. The summed E-state index contributed by atoms with van der Waals surface area (Å²) < 4.78 is 0. The average Bonchev–Trinajstić information content (AvgIpc) is 2.11. The largest absolute Gasteiger partial charge is 0.351 e. The van der Waals surface area contributed by atoms with Gasteiger partial charge in [0.2, 0.25) is 5.24 Å². The van der Waals surface area contributed by atoms with Crippen molar-refractivity contribution in [3.8, 4) is 0 Å². The molecule has 0 atom stereocenters. The van der Waals surface area contributed by atoms with Gasteiger partial charge in [0.1, 0.15) is 0 Å². The highest BCUT2D eigenvalue weighted by Crippen LogP contribution is 1.67. The van der Waals surface area contributed by atoms with Crippen LogP contribution < -0.4 is 0 Å². The number of nitrogens with zero attached hydrogens (tertiary/aromatic N) is 1. The molecule has 4 heteroatoms. The third kappa shape index (κ3) is 11.0. The Labute approximate surface area is 58.1 Å². The van der Waals surface area contributed by atoms with Gasteiger partial charge in [0.05, 0.1) is 6.33 Å². The van der Waals surface area contributed by atoms with Crippen LogP contribution in [0.25, 0.3) is 0 Å². The molecule has 0 spiro atoms. The molecule has 1 aromatic rings. The van der Waals surface area contributed by atoms with Gasteiger partial charge in [0, 0.05) is 19.3 Å². The Morgan fingerprint density at radius 3 is 2.44 bits per heavy atom. The molecular weight excluding hydrogens is 140 g/mol. The van der Waals surface area contributed by atoms with Crippen LogP contribution in [0.3, 0.4) is 0 Å². The minimum absolute atomic E-state index is 0.361. The molecule has 1 rings (SSSR count). The molecule has 0 unspecified atom stereocenters. The minimum atomic E-state index is -0.361. The first-order chi connectivity index (χ1) is 4.23. The van der Waals surface area contributed by atoms with Crippen molar-refractivity contribution < 1.29 is 4.79 Å². The van der Waals surface area contributed by atoms with Gasteiger partial charge in [-0.2, -0.15) is 0 Å². The predicted molar refractivity (Wildman–Crippen MR) is 35.1 cm³/mol. The van der Waals surface area contributed by atoms with E-state index in [0.717, 1.165) is 0 Å². The Morgan fingerprint density at radius 1 is 1.78 bits per heavy atom. The topological polar surface area (TPSA) is 45.8 Å². The van der Waals surface area contributed by atoms with Gasteiger partial charge >= 0.3 is 0 Å². The van der Waals surface area contributed by atoms with E-state index in [1.807, 2.05) is 0 Å². The summed E-state index contributed by atoms with van der Waals surface area (Å²) in [5.41, 5.74) is 0. The van der Waals surface area contributed by atoms with Crippen molar-refractivity contribution in [3.63, 3.8) is 0 Å². The summed E-state index contributed by atoms with van der Waals surface area (Å²) in [6.07, 6.45) is 5.08. The smallest absolute Gasteiger partial charge is 0.218 e. The fourth-order valence-corrected chi connectivity index (χ4v) is 0.215. The van der Waals surface area contributed by atoms with Crippen LogP contribution in [0.15, 0.2) is 18.7 Å².